The normalized spacial score (nSPS) is 16.6. The lowest BCUT2D eigenvalue weighted by atomic mass is 10.1. The van der Waals surface area contributed by atoms with Crippen molar-refractivity contribution in [3.8, 4) is 5.75 Å². The summed E-state index contributed by atoms with van der Waals surface area (Å²) in [6.45, 7) is 8.08. The van der Waals surface area contributed by atoms with Crippen molar-refractivity contribution < 1.29 is 13.2 Å². The zero-order valence-corrected chi connectivity index (χ0v) is 19.0. The molecule has 0 unspecified atom stereocenters. The predicted molar refractivity (Wildman–Crippen MR) is 120 cm³/mol. The Hall–Kier alpha value is -1.80. The number of hydrogen-bond donors (Lipinski definition) is 2. The SMILES string of the molecule is CCNC(=NCCc1ccc(C)c(OC)c1)NC1CCN(CCS(C)(=O)=O)CC1. The van der Waals surface area contributed by atoms with Gasteiger partial charge in [0, 0.05) is 45.0 Å². The molecule has 2 N–H and O–H groups in total. The van der Waals surface area contributed by atoms with Crippen LogP contribution >= 0.6 is 0 Å². The van der Waals surface area contributed by atoms with Gasteiger partial charge in [-0.1, -0.05) is 12.1 Å². The van der Waals surface area contributed by atoms with E-state index in [1.165, 1.54) is 11.8 Å². The highest BCUT2D eigenvalue weighted by atomic mass is 32.2. The average molecular weight is 425 g/mol. The molecule has 1 saturated heterocycles. The van der Waals surface area contributed by atoms with E-state index in [-0.39, 0.29) is 5.75 Å². The minimum absolute atomic E-state index is 0.235. The van der Waals surface area contributed by atoms with E-state index in [9.17, 15) is 8.42 Å². The molecule has 7 nitrogen and oxygen atoms in total. The molecule has 164 valence electrons. The molecule has 0 atom stereocenters. The number of rotatable bonds is 9. The molecule has 2 rings (SSSR count). The molecule has 1 fully saturated rings. The third kappa shape index (κ3) is 8.62. The van der Waals surface area contributed by atoms with Crippen molar-refractivity contribution in [1.82, 2.24) is 15.5 Å². The molecule has 8 heteroatoms. The number of likely N-dealkylation sites (tertiary alicyclic amines) is 1. The van der Waals surface area contributed by atoms with E-state index in [1.807, 2.05) is 6.92 Å². The maximum atomic E-state index is 11.3. The minimum Gasteiger partial charge on any atom is -0.496 e. The molecule has 0 aromatic heterocycles. The fourth-order valence-corrected chi connectivity index (χ4v) is 4.02. The Morgan fingerprint density at radius 2 is 2.03 bits per heavy atom. The second-order valence-corrected chi connectivity index (χ2v) is 9.96. The van der Waals surface area contributed by atoms with Gasteiger partial charge < -0.3 is 20.3 Å². The summed E-state index contributed by atoms with van der Waals surface area (Å²) in [7, 11) is -1.20. The number of guanidine groups is 1. The molecular weight excluding hydrogens is 388 g/mol. The maximum Gasteiger partial charge on any atom is 0.191 e. The number of hydrogen-bond acceptors (Lipinski definition) is 5. The second kappa shape index (κ2) is 11.4. The summed E-state index contributed by atoms with van der Waals surface area (Å²) in [4.78, 5) is 6.96. The highest BCUT2D eigenvalue weighted by molar-refractivity contribution is 7.90. The van der Waals surface area contributed by atoms with Gasteiger partial charge in [0.1, 0.15) is 15.6 Å². The molecule has 1 aromatic carbocycles. The Labute approximate surface area is 175 Å². The van der Waals surface area contributed by atoms with E-state index in [2.05, 4.69) is 40.7 Å². The topological polar surface area (TPSA) is 83.0 Å². The van der Waals surface area contributed by atoms with Gasteiger partial charge in [0.25, 0.3) is 0 Å². The van der Waals surface area contributed by atoms with Gasteiger partial charge >= 0.3 is 0 Å². The van der Waals surface area contributed by atoms with Crippen LogP contribution in [0.2, 0.25) is 0 Å². The van der Waals surface area contributed by atoms with E-state index in [4.69, 9.17) is 9.73 Å². The summed E-state index contributed by atoms with van der Waals surface area (Å²) >= 11 is 0. The van der Waals surface area contributed by atoms with Gasteiger partial charge in [-0.05, 0) is 50.3 Å². The van der Waals surface area contributed by atoms with Gasteiger partial charge in [0.05, 0.1) is 12.9 Å². The first kappa shape index (κ1) is 23.5. The van der Waals surface area contributed by atoms with Crippen LogP contribution < -0.4 is 15.4 Å². The number of nitrogens with zero attached hydrogens (tertiary/aromatic N) is 2. The lowest BCUT2D eigenvalue weighted by Crippen LogP contribution is -2.49. The Bertz CT molecular complexity index is 772. The van der Waals surface area contributed by atoms with Crippen LogP contribution in [0.3, 0.4) is 0 Å². The Morgan fingerprint density at radius 1 is 1.31 bits per heavy atom. The van der Waals surface area contributed by atoms with E-state index in [0.717, 1.165) is 56.2 Å². The number of nitrogens with one attached hydrogen (secondary N) is 2. The maximum absolute atomic E-state index is 11.3. The zero-order chi connectivity index (χ0) is 21.3. The number of aryl methyl sites for hydroxylation is 1. The van der Waals surface area contributed by atoms with E-state index < -0.39 is 9.84 Å². The van der Waals surface area contributed by atoms with Crippen LogP contribution in [0.4, 0.5) is 0 Å². The summed E-state index contributed by atoms with van der Waals surface area (Å²) in [5, 5.41) is 6.86. The van der Waals surface area contributed by atoms with E-state index in [1.54, 1.807) is 7.11 Å². The fourth-order valence-electron chi connectivity index (χ4n) is 3.43. The van der Waals surface area contributed by atoms with Crippen molar-refractivity contribution in [2.45, 2.75) is 39.2 Å². The first-order valence-corrected chi connectivity index (χ1v) is 12.4. The molecule has 1 aliphatic rings. The third-order valence-electron chi connectivity index (χ3n) is 5.19. The number of aliphatic imine (C=N–C) groups is 1. The fraction of sp³-hybridized carbons (Fsp3) is 0.667. The van der Waals surface area contributed by atoms with Crippen LogP contribution in [0, 0.1) is 6.92 Å². The lowest BCUT2D eigenvalue weighted by Gasteiger charge is -2.32. The summed E-state index contributed by atoms with van der Waals surface area (Å²) in [6, 6.07) is 6.65. The highest BCUT2D eigenvalue weighted by Gasteiger charge is 2.20. The highest BCUT2D eigenvalue weighted by Crippen LogP contribution is 2.19. The molecule has 1 heterocycles. The van der Waals surface area contributed by atoms with Gasteiger partial charge in [-0.25, -0.2) is 8.42 Å². The van der Waals surface area contributed by atoms with E-state index in [0.29, 0.717) is 19.1 Å². The van der Waals surface area contributed by atoms with Crippen LogP contribution in [0.25, 0.3) is 0 Å². The summed E-state index contributed by atoms with van der Waals surface area (Å²) in [5.41, 5.74) is 2.35. The molecule has 0 radical (unpaired) electrons. The average Bonchev–Trinajstić information content (AvgIpc) is 2.68. The molecule has 0 bridgehead atoms. The van der Waals surface area contributed by atoms with Crippen LogP contribution in [-0.2, 0) is 16.3 Å². The standard InChI is InChI=1S/C21H36N4O3S/c1-5-22-21(23-11-8-18-7-6-17(2)20(16-18)28-3)24-19-9-12-25(13-10-19)14-15-29(4,26)27/h6-7,16,19H,5,8-15H2,1-4H3,(H2,22,23,24). The number of ether oxygens (including phenoxy) is 1. The minimum atomic E-state index is -2.90. The quantitative estimate of drug-likeness (QED) is 0.463. The third-order valence-corrected chi connectivity index (χ3v) is 6.12. The van der Waals surface area contributed by atoms with Gasteiger partial charge in [0.2, 0.25) is 0 Å². The van der Waals surface area contributed by atoms with Crippen molar-refractivity contribution in [1.29, 1.82) is 0 Å². The van der Waals surface area contributed by atoms with Crippen LogP contribution in [0.1, 0.15) is 30.9 Å². The zero-order valence-electron chi connectivity index (χ0n) is 18.2. The number of methoxy groups -OCH3 is 1. The van der Waals surface area contributed by atoms with Gasteiger partial charge in [-0.15, -0.1) is 0 Å². The Kier molecular flexibility index (Phi) is 9.23. The summed E-state index contributed by atoms with van der Waals surface area (Å²) in [6.07, 6.45) is 4.14. The lowest BCUT2D eigenvalue weighted by molar-refractivity contribution is 0.216. The molecular formula is C21H36N4O3S. The first-order chi connectivity index (χ1) is 13.8. The molecule has 0 saturated carbocycles. The molecule has 0 spiro atoms. The van der Waals surface area contributed by atoms with Crippen LogP contribution in [-0.4, -0.2) is 77.2 Å². The van der Waals surface area contributed by atoms with Crippen LogP contribution in [0.5, 0.6) is 5.75 Å². The Balaban J connectivity index is 1.82. The number of benzene rings is 1. The number of piperidine rings is 1. The Morgan fingerprint density at radius 3 is 2.66 bits per heavy atom. The van der Waals surface area contributed by atoms with Crippen molar-refractivity contribution in [2.75, 3.05) is 51.8 Å². The predicted octanol–water partition coefficient (Wildman–Crippen LogP) is 1.61. The molecule has 1 aromatic rings. The number of sulfone groups is 1. The van der Waals surface area contributed by atoms with Crippen molar-refractivity contribution in [3.05, 3.63) is 29.3 Å². The smallest absolute Gasteiger partial charge is 0.191 e. The van der Waals surface area contributed by atoms with Crippen molar-refractivity contribution >= 4 is 15.8 Å². The molecule has 1 aliphatic heterocycles. The van der Waals surface area contributed by atoms with Crippen LogP contribution in [0.15, 0.2) is 23.2 Å². The summed E-state index contributed by atoms with van der Waals surface area (Å²) in [5.74, 6) is 2.00. The largest absolute Gasteiger partial charge is 0.496 e. The first-order valence-electron chi connectivity index (χ1n) is 10.4. The van der Waals surface area contributed by atoms with Crippen molar-refractivity contribution in [3.63, 3.8) is 0 Å². The summed E-state index contributed by atoms with van der Waals surface area (Å²) < 4.78 is 28.1. The van der Waals surface area contributed by atoms with E-state index >= 15 is 0 Å². The molecule has 0 aliphatic carbocycles. The van der Waals surface area contributed by atoms with Gasteiger partial charge in [0.15, 0.2) is 5.96 Å². The molecule has 0 amide bonds. The second-order valence-electron chi connectivity index (χ2n) is 7.70. The van der Waals surface area contributed by atoms with Gasteiger partial charge in [-0.2, -0.15) is 0 Å². The monoisotopic (exact) mass is 424 g/mol. The molecule has 29 heavy (non-hydrogen) atoms. The van der Waals surface area contributed by atoms with Gasteiger partial charge in [-0.3, -0.25) is 4.99 Å². The van der Waals surface area contributed by atoms with Crippen molar-refractivity contribution in [2.24, 2.45) is 4.99 Å².